The van der Waals surface area contributed by atoms with Gasteiger partial charge in [-0.05, 0) is 24.8 Å². The molecule has 1 aromatic carbocycles. The molecule has 1 atom stereocenters. The van der Waals surface area contributed by atoms with E-state index in [1.807, 2.05) is 46.8 Å². The summed E-state index contributed by atoms with van der Waals surface area (Å²) >= 11 is 1.46. The number of amides is 1. The number of aliphatic hydroxyl groups is 1. The van der Waals surface area contributed by atoms with E-state index in [9.17, 15) is 9.90 Å². The molecule has 6 heteroatoms. The molecular weight excluding hydrogens is 322 g/mol. The van der Waals surface area contributed by atoms with Crippen LogP contribution in [0.25, 0.3) is 0 Å². The average molecular weight is 345 g/mol. The van der Waals surface area contributed by atoms with E-state index < -0.39 is 0 Å². The lowest BCUT2D eigenvalue weighted by molar-refractivity contribution is -0.131. The number of aliphatic hydroxyl groups excluding tert-OH is 1. The molecule has 1 saturated heterocycles. The minimum Gasteiger partial charge on any atom is -0.390 e. The van der Waals surface area contributed by atoms with E-state index in [1.165, 1.54) is 18.2 Å². The van der Waals surface area contributed by atoms with Crippen molar-refractivity contribution >= 4 is 17.7 Å². The number of hydrogen-bond donors (Lipinski definition) is 1. The Kier molecular flexibility index (Phi) is 5.58. The number of likely N-dealkylation sites (tertiary alicyclic amines) is 1. The summed E-state index contributed by atoms with van der Waals surface area (Å²) in [6.07, 6.45) is 5.02. The highest BCUT2D eigenvalue weighted by Crippen LogP contribution is 2.36. The van der Waals surface area contributed by atoms with Crippen LogP contribution in [0.4, 0.5) is 0 Å². The van der Waals surface area contributed by atoms with Gasteiger partial charge < -0.3 is 14.6 Å². The van der Waals surface area contributed by atoms with E-state index in [-0.39, 0.29) is 17.8 Å². The Bertz CT molecular complexity index is 681. The van der Waals surface area contributed by atoms with Gasteiger partial charge in [0, 0.05) is 20.1 Å². The highest BCUT2D eigenvalue weighted by Gasteiger charge is 2.29. The standard InChI is InChI=1S/C18H23N3O2S/c1-20-15(13-22)12-19-18(20)24-16(14-8-4-2-5-9-14)17(23)21-10-6-3-7-11-21/h2,4-5,8-9,12,16,22H,3,6-7,10-11,13H2,1H3. The van der Waals surface area contributed by atoms with Crippen LogP contribution >= 0.6 is 11.8 Å². The third-order valence-electron chi connectivity index (χ3n) is 4.42. The largest absolute Gasteiger partial charge is 0.390 e. The molecule has 0 saturated carbocycles. The smallest absolute Gasteiger partial charge is 0.240 e. The van der Waals surface area contributed by atoms with Crippen molar-refractivity contribution in [2.75, 3.05) is 13.1 Å². The summed E-state index contributed by atoms with van der Waals surface area (Å²) in [5.74, 6) is 0.152. The van der Waals surface area contributed by atoms with E-state index in [0.29, 0.717) is 0 Å². The maximum atomic E-state index is 13.1. The summed E-state index contributed by atoms with van der Waals surface area (Å²) < 4.78 is 1.85. The second kappa shape index (κ2) is 7.85. The maximum Gasteiger partial charge on any atom is 0.240 e. The van der Waals surface area contributed by atoms with Gasteiger partial charge in [0.1, 0.15) is 5.25 Å². The number of thioether (sulfide) groups is 1. The van der Waals surface area contributed by atoms with Gasteiger partial charge in [-0.15, -0.1) is 0 Å². The first-order chi connectivity index (χ1) is 11.7. The number of carbonyl (C=O) groups is 1. The van der Waals surface area contributed by atoms with Gasteiger partial charge in [-0.1, -0.05) is 42.1 Å². The first-order valence-corrected chi connectivity index (χ1v) is 9.20. The number of aromatic nitrogens is 2. The molecule has 1 unspecified atom stereocenters. The van der Waals surface area contributed by atoms with Gasteiger partial charge in [0.25, 0.3) is 0 Å². The van der Waals surface area contributed by atoms with Crippen LogP contribution in [0.1, 0.15) is 35.8 Å². The van der Waals surface area contributed by atoms with Crippen molar-refractivity contribution in [2.24, 2.45) is 7.05 Å². The van der Waals surface area contributed by atoms with Crippen molar-refractivity contribution in [3.05, 3.63) is 47.8 Å². The minimum atomic E-state index is -0.308. The molecule has 3 rings (SSSR count). The van der Waals surface area contributed by atoms with Crippen molar-refractivity contribution in [3.63, 3.8) is 0 Å². The quantitative estimate of drug-likeness (QED) is 0.847. The number of hydrogen-bond acceptors (Lipinski definition) is 4. The number of carbonyl (C=O) groups excluding carboxylic acids is 1. The summed E-state index contributed by atoms with van der Waals surface area (Å²) in [5.41, 5.74) is 1.74. The summed E-state index contributed by atoms with van der Waals surface area (Å²) in [7, 11) is 1.87. The number of benzene rings is 1. The van der Waals surface area contributed by atoms with Gasteiger partial charge in [0.2, 0.25) is 5.91 Å². The Labute approximate surface area is 146 Å². The monoisotopic (exact) mass is 345 g/mol. The van der Waals surface area contributed by atoms with Gasteiger partial charge in [-0.2, -0.15) is 0 Å². The van der Waals surface area contributed by atoms with Gasteiger partial charge in [0.05, 0.1) is 18.5 Å². The Balaban J connectivity index is 1.87. The zero-order chi connectivity index (χ0) is 16.9. The lowest BCUT2D eigenvalue weighted by Gasteiger charge is -2.30. The molecule has 1 aromatic heterocycles. The molecule has 0 radical (unpaired) electrons. The van der Waals surface area contributed by atoms with E-state index >= 15 is 0 Å². The van der Waals surface area contributed by atoms with Crippen LogP contribution < -0.4 is 0 Å². The molecule has 2 heterocycles. The predicted molar refractivity (Wildman–Crippen MR) is 94.6 cm³/mol. The van der Waals surface area contributed by atoms with Crippen LogP contribution in [-0.4, -0.2) is 38.6 Å². The molecule has 1 amide bonds. The normalized spacial score (nSPS) is 16.2. The molecule has 128 valence electrons. The Morgan fingerprint density at radius 1 is 1.25 bits per heavy atom. The first kappa shape index (κ1) is 17.0. The highest BCUT2D eigenvalue weighted by molar-refractivity contribution is 8.00. The summed E-state index contributed by atoms with van der Waals surface area (Å²) in [6.45, 7) is 1.62. The zero-order valence-corrected chi connectivity index (χ0v) is 14.7. The van der Waals surface area contributed by atoms with Gasteiger partial charge in [0.15, 0.2) is 5.16 Å². The Morgan fingerprint density at radius 2 is 1.96 bits per heavy atom. The van der Waals surface area contributed by atoms with Crippen LogP contribution in [0.3, 0.4) is 0 Å². The third kappa shape index (κ3) is 3.65. The molecule has 0 spiro atoms. The van der Waals surface area contributed by atoms with Crippen LogP contribution in [0.5, 0.6) is 0 Å². The SMILES string of the molecule is Cn1c(CO)cnc1SC(C(=O)N1CCCCC1)c1ccccc1. The van der Waals surface area contributed by atoms with Crippen molar-refractivity contribution in [1.29, 1.82) is 0 Å². The van der Waals surface area contributed by atoms with Crippen LogP contribution in [0, 0.1) is 0 Å². The minimum absolute atomic E-state index is 0.0554. The average Bonchev–Trinajstić information content (AvgIpc) is 3.00. The molecular formula is C18H23N3O2S. The highest BCUT2D eigenvalue weighted by atomic mass is 32.2. The number of nitrogens with zero attached hydrogens (tertiary/aromatic N) is 3. The Hall–Kier alpha value is -1.79. The van der Waals surface area contributed by atoms with Crippen molar-refractivity contribution < 1.29 is 9.90 Å². The topological polar surface area (TPSA) is 58.4 Å². The lowest BCUT2D eigenvalue weighted by Crippen LogP contribution is -2.38. The van der Waals surface area contributed by atoms with E-state index in [4.69, 9.17) is 0 Å². The van der Waals surface area contributed by atoms with Gasteiger partial charge >= 0.3 is 0 Å². The Morgan fingerprint density at radius 3 is 2.58 bits per heavy atom. The molecule has 0 aliphatic carbocycles. The molecule has 1 N–H and O–H groups in total. The number of imidazole rings is 1. The van der Waals surface area contributed by atoms with Crippen LogP contribution in [0.2, 0.25) is 0 Å². The third-order valence-corrected chi connectivity index (χ3v) is 5.72. The van der Waals surface area contributed by atoms with Crippen molar-refractivity contribution in [1.82, 2.24) is 14.5 Å². The molecule has 1 fully saturated rings. The van der Waals surface area contributed by atoms with Crippen LogP contribution in [-0.2, 0) is 18.4 Å². The van der Waals surface area contributed by atoms with E-state index in [2.05, 4.69) is 4.98 Å². The lowest BCUT2D eigenvalue weighted by atomic mass is 10.1. The first-order valence-electron chi connectivity index (χ1n) is 8.32. The fourth-order valence-corrected chi connectivity index (χ4v) is 4.10. The summed E-state index contributed by atoms with van der Waals surface area (Å²) in [4.78, 5) is 19.5. The fourth-order valence-electron chi connectivity index (χ4n) is 2.96. The second-order valence-corrected chi connectivity index (χ2v) is 7.12. The van der Waals surface area contributed by atoms with E-state index in [1.54, 1.807) is 6.20 Å². The molecule has 2 aromatic rings. The molecule has 24 heavy (non-hydrogen) atoms. The van der Waals surface area contributed by atoms with Crippen molar-refractivity contribution in [2.45, 2.75) is 36.3 Å². The molecule has 1 aliphatic rings. The van der Waals surface area contributed by atoms with Crippen LogP contribution in [0.15, 0.2) is 41.7 Å². The van der Waals surface area contributed by atoms with Gasteiger partial charge in [-0.25, -0.2) is 4.98 Å². The van der Waals surface area contributed by atoms with Crippen molar-refractivity contribution in [3.8, 4) is 0 Å². The predicted octanol–water partition coefficient (Wildman–Crippen LogP) is 2.76. The summed E-state index contributed by atoms with van der Waals surface area (Å²) in [5, 5.41) is 9.79. The molecule has 1 aliphatic heterocycles. The van der Waals surface area contributed by atoms with Gasteiger partial charge in [-0.3, -0.25) is 4.79 Å². The summed E-state index contributed by atoms with van der Waals surface area (Å²) in [6, 6.07) is 9.87. The zero-order valence-electron chi connectivity index (χ0n) is 13.9. The second-order valence-electron chi connectivity index (χ2n) is 6.04. The molecule has 5 nitrogen and oxygen atoms in total. The molecule has 0 bridgehead atoms. The number of rotatable bonds is 5. The maximum absolute atomic E-state index is 13.1. The fraction of sp³-hybridized carbons (Fsp3) is 0.444. The van der Waals surface area contributed by atoms with E-state index in [0.717, 1.165) is 42.3 Å². The number of piperidine rings is 1.